The molecule has 0 rings (SSSR count). The third-order valence-corrected chi connectivity index (χ3v) is 2.28. The first-order valence-electron chi connectivity index (χ1n) is 4.55. The largest absolute Gasteiger partial charge is 0.394 e. The van der Waals surface area contributed by atoms with Gasteiger partial charge in [-0.2, -0.15) is 0 Å². The molecule has 0 aromatic rings. The van der Waals surface area contributed by atoms with Crippen LogP contribution in [0.3, 0.4) is 0 Å². The zero-order valence-corrected chi connectivity index (χ0v) is 8.82. The Labute approximate surface area is 79.7 Å². The van der Waals surface area contributed by atoms with E-state index in [-0.39, 0.29) is 24.5 Å². The van der Waals surface area contributed by atoms with Gasteiger partial charge >= 0.3 is 0 Å². The van der Waals surface area contributed by atoms with Gasteiger partial charge in [-0.3, -0.25) is 4.79 Å². The molecule has 0 aromatic heterocycles. The molecule has 4 nitrogen and oxygen atoms in total. The van der Waals surface area contributed by atoms with Crippen molar-refractivity contribution in [3.05, 3.63) is 0 Å². The molecule has 2 atom stereocenters. The molecule has 0 aliphatic rings. The van der Waals surface area contributed by atoms with Crippen LogP contribution in [-0.4, -0.2) is 41.7 Å². The molecule has 78 valence electrons. The van der Waals surface area contributed by atoms with Crippen LogP contribution in [0, 0.1) is 5.92 Å². The van der Waals surface area contributed by atoms with Gasteiger partial charge in [-0.25, -0.2) is 0 Å². The lowest BCUT2D eigenvalue weighted by Crippen LogP contribution is -2.48. The first-order chi connectivity index (χ1) is 5.91. The molecule has 0 radical (unpaired) electrons. The Morgan fingerprint density at radius 2 is 1.92 bits per heavy atom. The van der Waals surface area contributed by atoms with Crippen LogP contribution in [-0.2, 0) is 4.79 Å². The van der Waals surface area contributed by atoms with Crippen molar-refractivity contribution >= 4 is 5.91 Å². The van der Waals surface area contributed by atoms with E-state index >= 15 is 0 Å². The molecule has 0 aromatic carbocycles. The number of aliphatic hydroxyl groups is 1. The SMILES string of the molecule is CC(C)[C@@H](N)C(=O)N(C)C(C)CO. The first kappa shape index (κ1) is 12.4. The van der Waals surface area contributed by atoms with Gasteiger partial charge in [0.1, 0.15) is 0 Å². The number of hydrogen-bond acceptors (Lipinski definition) is 3. The van der Waals surface area contributed by atoms with Crippen molar-refractivity contribution in [3.8, 4) is 0 Å². The number of nitrogens with zero attached hydrogens (tertiary/aromatic N) is 1. The van der Waals surface area contributed by atoms with Gasteiger partial charge < -0.3 is 15.7 Å². The number of carbonyl (C=O) groups is 1. The summed E-state index contributed by atoms with van der Waals surface area (Å²) in [5.41, 5.74) is 5.68. The normalized spacial score (nSPS) is 15.6. The molecule has 13 heavy (non-hydrogen) atoms. The molecule has 0 spiro atoms. The van der Waals surface area contributed by atoms with Crippen LogP contribution < -0.4 is 5.73 Å². The number of amides is 1. The second-order valence-corrected chi connectivity index (χ2v) is 3.75. The van der Waals surface area contributed by atoms with Gasteiger partial charge in [0.05, 0.1) is 18.7 Å². The molecule has 4 heteroatoms. The molecule has 0 bridgehead atoms. The van der Waals surface area contributed by atoms with Crippen molar-refractivity contribution in [1.82, 2.24) is 4.90 Å². The van der Waals surface area contributed by atoms with Gasteiger partial charge in [-0.05, 0) is 12.8 Å². The van der Waals surface area contributed by atoms with Crippen LogP contribution in [0.2, 0.25) is 0 Å². The van der Waals surface area contributed by atoms with Crippen molar-refractivity contribution in [2.45, 2.75) is 32.9 Å². The van der Waals surface area contributed by atoms with E-state index in [9.17, 15) is 4.79 Å². The van der Waals surface area contributed by atoms with Crippen LogP contribution in [0.15, 0.2) is 0 Å². The predicted octanol–water partition coefficient (Wildman–Crippen LogP) is -0.191. The highest BCUT2D eigenvalue weighted by atomic mass is 16.3. The molecule has 1 unspecified atom stereocenters. The Hall–Kier alpha value is -0.610. The second kappa shape index (κ2) is 5.19. The van der Waals surface area contributed by atoms with E-state index in [1.807, 2.05) is 13.8 Å². The van der Waals surface area contributed by atoms with E-state index in [4.69, 9.17) is 10.8 Å². The Kier molecular flexibility index (Phi) is 4.95. The molecule has 0 saturated carbocycles. The van der Waals surface area contributed by atoms with Crippen LogP contribution >= 0.6 is 0 Å². The smallest absolute Gasteiger partial charge is 0.239 e. The lowest BCUT2D eigenvalue weighted by atomic mass is 10.0. The summed E-state index contributed by atoms with van der Waals surface area (Å²) in [5, 5.41) is 8.84. The quantitative estimate of drug-likeness (QED) is 0.642. The Morgan fingerprint density at radius 3 is 2.23 bits per heavy atom. The highest BCUT2D eigenvalue weighted by Crippen LogP contribution is 2.04. The maximum Gasteiger partial charge on any atom is 0.239 e. The molecule has 0 aliphatic carbocycles. The minimum absolute atomic E-state index is 0.0347. The second-order valence-electron chi connectivity index (χ2n) is 3.75. The number of likely N-dealkylation sites (N-methyl/N-ethyl adjacent to an activating group) is 1. The van der Waals surface area contributed by atoms with Crippen LogP contribution in [0.25, 0.3) is 0 Å². The van der Waals surface area contributed by atoms with E-state index in [0.717, 1.165) is 0 Å². The van der Waals surface area contributed by atoms with Crippen molar-refractivity contribution in [2.24, 2.45) is 11.7 Å². The number of nitrogens with two attached hydrogens (primary N) is 1. The summed E-state index contributed by atoms with van der Waals surface area (Å²) in [6, 6.07) is -0.642. The average molecular weight is 188 g/mol. The van der Waals surface area contributed by atoms with Gasteiger partial charge in [0.25, 0.3) is 0 Å². The lowest BCUT2D eigenvalue weighted by molar-refractivity contribution is -0.134. The highest BCUT2D eigenvalue weighted by Gasteiger charge is 2.23. The summed E-state index contributed by atoms with van der Waals surface area (Å²) in [4.78, 5) is 13.1. The predicted molar refractivity (Wildman–Crippen MR) is 52.1 cm³/mol. The third kappa shape index (κ3) is 3.32. The van der Waals surface area contributed by atoms with Crippen LogP contribution in [0.5, 0.6) is 0 Å². The zero-order chi connectivity index (χ0) is 10.6. The van der Waals surface area contributed by atoms with E-state index in [0.29, 0.717) is 0 Å². The first-order valence-corrected chi connectivity index (χ1v) is 4.55. The summed E-state index contributed by atoms with van der Waals surface area (Å²) in [6.07, 6.45) is 0. The molecule has 1 amide bonds. The van der Waals surface area contributed by atoms with Crippen LogP contribution in [0.4, 0.5) is 0 Å². The van der Waals surface area contributed by atoms with Crippen molar-refractivity contribution < 1.29 is 9.90 Å². The number of aliphatic hydroxyl groups excluding tert-OH is 1. The van der Waals surface area contributed by atoms with E-state index < -0.39 is 6.04 Å². The molecular weight excluding hydrogens is 168 g/mol. The average Bonchev–Trinajstić information content (AvgIpc) is 2.12. The fourth-order valence-electron chi connectivity index (χ4n) is 0.860. The molecule has 0 saturated heterocycles. The van der Waals surface area contributed by atoms with Gasteiger partial charge in [0, 0.05) is 7.05 Å². The van der Waals surface area contributed by atoms with E-state index in [1.54, 1.807) is 14.0 Å². The lowest BCUT2D eigenvalue weighted by Gasteiger charge is -2.27. The zero-order valence-electron chi connectivity index (χ0n) is 8.82. The minimum Gasteiger partial charge on any atom is -0.394 e. The fraction of sp³-hybridized carbons (Fsp3) is 0.889. The van der Waals surface area contributed by atoms with E-state index in [1.165, 1.54) is 4.90 Å². The fourth-order valence-corrected chi connectivity index (χ4v) is 0.860. The maximum atomic E-state index is 11.6. The Bertz CT molecular complexity index is 171. The highest BCUT2D eigenvalue weighted by molar-refractivity contribution is 5.81. The van der Waals surface area contributed by atoms with Crippen molar-refractivity contribution in [2.75, 3.05) is 13.7 Å². The monoisotopic (exact) mass is 188 g/mol. The Morgan fingerprint density at radius 1 is 1.46 bits per heavy atom. The molecule has 0 aliphatic heterocycles. The third-order valence-electron chi connectivity index (χ3n) is 2.28. The van der Waals surface area contributed by atoms with Gasteiger partial charge in [0.2, 0.25) is 5.91 Å². The van der Waals surface area contributed by atoms with Crippen molar-refractivity contribution in [3.63, 3.8) is 0 Å². The summed E-state index contributed by atoms with van der Waals surface area (Å²) >= 11 is 0. The molecule has 0 heterocycles. The summed E-state index contributed by atoms with van der Waals surface area (Å²) in [5.74, 6) is 0.0115. The Balaban J connectivity index is 4.25. The standard InChI is InChI=1S/C9H20N2O2/c1-6(2)8(10)9(13)11(4)7(3)5-12/h6-8,12H,5,10H2,1-4H3/t7?,8-/m1/s1. The molecule has 0 fully saturated rings. The topological polar surface area (TPSA) is 66.6 Å². The van der Waals surface area contributed by atoms with E-state index in [2.05, 4.69) is 0 Å². The summed E-state index contributed by atoms with van der Waals surface area (Å²) < 4.78 is 0. The number of hydrogen-bond donors (Lipinski definition) is 2. The number of rotatable bonds is 4. The van der Waals surface area contributed by atoms with Gasteiger partial charge in [0.15, 0.2) is 0 Å². The van der Waals surface area contributed by atoms with Crippen molar-refractivity contribution in [1.29, 1.82) is 0 Å². The maximum absolute atomic E-state index is 11.6. The van der Waals surface area contributed by atoms with Crippen LogP contribution in [0.1, 0.15) is 20.8 Å². The summed E-state index contributed by atoms with van der Waals surface area (Å²) in [7, 11) is 1.66. The van der Waals surface area contributed by atoms with Gasteiger partial charge in [-0.1, -0.05) is 13.8 Å². The minimum atomic E-state index is -0.473. The van der Waals surface area contributed by atoms with Gasteiger partial charge in [-0.15, -0.1) is 0 Å². The molecule has 3 N–H and O–H groups in total. The number of carbonyl (C=O) groups excluding carboxylic acids is 1. The molecular formula is C9H20N2O2. The summed E-state index contributed by atoms with van der Waals surface area (Å²) in [6.45, 7) is 5.55.